The summed E-state index contributed by atoms with van der Waals surface area (Å²) in [5, 5.41) is 24.1. The van der Waals surface area contributed by atoms with Gasteiger partial charge < -0.3 is 10.4 Å². The van der Waals surface area contributed by atoms with Crippen LogP contribution in [-0.4, -0.2) is 38.0 Å². The zero-order chi connectivity index (χ0) is 12.4. The molecular weight excluding hydrogens is 230 g/mol. The number of anilines is 1. The number of tetrazole rings is 1. The molecule has 1 saturated carbocycles. The average Bonchev–Trinajstić information content (AvgIpc) is 2.82. The molecule has 1 aliphatic rings. The molecule has 0 unspecified atom stereocenters. The molecule has 0 amide bonds. The molecule has 1 aromatic heterocycles. The Balaban J connectivity index is 1.68. The van der Waals surface area contributed by atoms with Crippen LogP contribution in [0.25, 0.3) is 5.69 Å². The van der Waals surface area contributed by atoms with E-state index >= 15 is 0 Å². The molecule has 0 radical (unpaired) electrons. The van der Waals surface area contributed by atoms with Gasteiger partial charge >= 0.3 is 0 Å². The number of hydrogen-bond acceptors (Lipinski definition) is 5. The SMILES string of the molecule is OC1CC(CNc2nnnn2-c2ccccc2)C1. The van der Waals surface area contributed by atoms with Crippen LogP contribution < -0.4 is 5.32 Å². The summed E-state index contributed by atoms with van der Waals surface area (Å²) in [6.45, 7) is 0.796. The quantitative estimate of drug-likeness (QED) is 0.835. The van der Waals surface area contributed by atoms with Crippen LogP contribution >= 0.6 is 0 Å². The lowest BCUT2D eigenvalue weighted by molar-refractivity contribution is 0.0486. The molecule has 0 spiro atoms. The maximum Gasteiger partial charge on any atom is 0.247 e. The molecule has 0 aliphatic heterocycles. The number of nitrogens with zero attached hydrogens (tertiary/aromatic N) is 4. The molecule has 6 nitrogen and oxygen atoms in total. The molecule has 0 saturated heterocycles. The van der Waals surface area contributed by atoms with Crippen LogP contribution in [0.5, 0.6) is 0 Å². The molecule has 0 bridgehead atoms. The summed E-state index contributed by atoms with van der Waals surface area (Å²) in [5.41, 5.74) is 0.929. The summed E-state index contributed by atoms with van der Waals surface area (Å²) in [4.78, 5) is 0. The highest BCUT2D eigenvalue weighted by Gasteiger charge is 2.27. The highest BCUT2D eigenvalue weighted by atomic mass is 16.3. The molecule has 2 N–H and O–H groups in total. The van der Waals surface area contributed by atoms with E-state index in [-0.39, 0.29) is 6.10 Å². The van der Waals surface area contributed by atoms with Gasteiger partial charge in [0.15, 0.2) is 0 Å². The number of hydrogen-bond donors (Lipinski definition) is 2. The number of para-hydroxylation sites is 1. The third-order valence-corrected chi connectivity index (χ3v) is 3.23. The van der Waals surface area contributed by atoms with Gasteiger partial charge in [-0.05, 0) is 41.3 Å². The minimum absolute atomic E-state index is 0.123. The van der Waals surface area contributed by atoms with E-state index < -0.39 is 0 Å². The largest absolute Gasteiger partial charge is 0.393 e. The van der Waals surface area contributed by atoms with E-state index in [0.29, 0.717) is 11.9 Å². The Kier molecular flexibility index (Phi) is 2.93. The first-order valence-electron chi connectivity index (χ1n) is 6.08. The minimum atomic E-state index is -0.123. The van der Waals surface area contributed by atoms with Gasteiger partial charge in [-0.15, -0.1) is 0 Å². The lowest BCUT2D eigenvalue weighted by atomic mass is 9.82. The van der Waals surface area contributed by atoms with Crippen LogP contribution in [-0.2, 0) is 0 Å². The highest BCUT2D eigenvalue weighted by molar-refractivity contribution is 5.38. The third kappa shape index (κ3) is 2.19. The molecule has 18 heavy (non-hydrogen) atoms. The topological polar surface area (TPSA) is 75.9 Å². The molecule has 0 atom stereocenters. The smallest absolute Gasteiger partial charge is 0.247 e. The predicted octanol–water partition coefficient (Wildman–Crippen LogP) is 0.845. The van der Waals surface area contributed by atoms with Crippen molar-refractivity contribution in [2.75, 3.05) is 11.9 Å². The van der Waals surface area contributed by atoms with Crippen LogP contribution in [0.1, 0.15) is 12.8 Å². The van der Waals surface area contributed by atoms with Crippen molar-refractivity contribution in [2.24, 2.45) is 5.92 Å². The third-order valence-electron chi connectivity index (χ3n) is 3.23. The van der Waals surface area contributed by atoms with E-state index in [1.807, 2.05) is 30.3 Å². The molecule has 94 valence electrons. The first-order chi connectivity index (χ1) is 8.83. The summed E-state index contributed by atoms with van der Waals surface area (Å²) in [6.07, 6.45) is 1.60. The van der Waals surface area contributed by atoms with Crippen LogP contribution in [0.3, 0.4) is 0 Å². The minimum Gasteiger partial charge on any atom is -0.393 e. The van der Waals surface area contributed by atoms with Crippen molar-refractivity contribution in [1.29, 1.82) is 0 Å². The molecule has 1 fully saturated rings. The maximum absolute atomic E-state index is 9.23. The fraction of sp³-hybridized carbons (Fsp3) is 0.417. The van der Waals surface area contributed by atoms with Crippen molar-refractivity contribution in [3.63, 3.8) is 0 Å². The first-order valence-corrected chi connectivity index (χ1v) is 6.08. The van der Waals surface area contributed by atoms with Crippen molar-refractivity contribution >= 4 is 5.95 Å². The standard InChI is InChI=1S/C12H15N5O/c18-11-6-9(7-11)8-13-12-14-15-16-17(12)10-4-2-1-3-5-10/h1-5,9,11,18H,6-8H2,(H,13,14,16). The van der Waals surface area contributed by atoms with E-state index in [2.05, 4.69) is 20.8 Å². The normalized spacial score (nSPS) is 22.5. The predicted molar refractivity (Wildman–Crippen MR) is 66.4 cm³/mol. The lowest BCUT2D eigenvalue weighted by Crippen LogP contribution is -2.33. The Bertz CT molecular complexity index is 506. The molecule has 1 aliphatic carbocycles. The lowest BCUT2D eigenvalue weighted by Gasteiger charge is -2.31. The zero-order valence-corrected chi connectivity index (χ0v) is 9.90. The van der Waals surface area contributed by atoms with E-state index in [9.17, 15) is 5.11 Å². The zero-order valence-electron chi connectivity index (χ0n) is 9.90. The van der Waals surface area contributed by atoms with Gasteiger partial charge in [0.25, 0.3) is 0 Å². The van der Waals surface area contributed by atoms with Gasteiger partial charge in [0.1, 0.15) is 0 Å². The molecule has 3 rings (SSSR count). The second-order valence-corrected chi connectivity index (χ2v) is 4.62. The number of benzene rings is 1. The average molecular weight is 245 g/mol. The number of aromatic nitrogens is 4. The molecule has 1 aromatic carbocycles. The van der Waals surface area contributed by atoms with E-state index in [1.54, 1.807) is 4.68 Å². The van der Waals surface area contributed by atoms with Gasteiger partial charge in [-0.3, -0.25) is 0 Å². The molecular formula is C12H15N5O. The Labute approximate surface area is 105 Å². The Morgan fingerprint density at radius 1 is 1.28 bits per heavy atom. The number of nitrogens with one attached hydrogen (secondary N) is 1. The fourth-order valence-electron chi connectivity index (χ4n) is 2.14. The number of aliphatic hydroxyl groups is 1. The van der Waals surface area contributed by atoms with Crippen LogP contribution in [0, 0.1) is 5.92 Å². The van der Waals surface area contributed by atoms with Gasteiger partial charge in [0.2, 0.25) is 5.95 Å². The summed E-state index contributed by atoms with van der Waals surface area (Å²) in [7, 11) is 0. The maximum atomic E-state index is 9.23. The summed E-state index contributed by atoms with van der Waals surface area (Å²) in [6, 6.07) is 9.76. The second-order valence-electron chi connectivity index (χ2n) is 4.62. The van der Waals surface area contributed by atoms with Crippen molar-refractivity contribution < 1.29 is 5.11 Å². The fourth-order valence-corrected chi connectivity index (χ4v) is 2.14. The van der Waals surface area contributed by atoms with Gasteiger partial charge in [-0.1, -0.05) is 23.3 Å². The Morgan fingerprint density at radius 2 is 2.06 bits per heavy atom. The van der Waals surface area contributed by atoms with Crippen molar-refractivity contribution in [2.45, 2.75) is 18.9 Å². The molecule has 2 aromatic rings. The first kappa shape index (κ1) is 11.2. The van der Waals surface area contributed by atoms with Crippen LogP contribution in [0.4, 0.5) is 5.95 Å². The molecule has 6 heteroatoms. The van der Waals surface area contributed by atoms with E-state index in [0.717, 1.165) is 25.1 Å². The number of rotatable bonds is 4. The highest BCUT2D eigenvalue weighted by Crippen LogP contribution is 2.27. The summed E-state index contributed by atoms with van der Waals surface area (Å²) in [5.74, 6) is 1.16. The van der Waals surface area contributed by atoms with E-state index in [4.69, 9.17) is 0 Å². The Morgan fingerprint density at radius 3 is 2.78 bits per heavy atom. The number of aliphatic hydroxyl groups excluding tert-OH is 1. The van der Waals surface area contributed by atoms with Gasteiger partial charge in [-0.25, -0.2) is 0 Å². The van der Waals surface area contributed by atoms with Gasteiger partial charge in [0.05, 0.1) is 11.8 Å². The van der Waals surface area contributed by atoms with Crippen LogP contribution in [0.15, 0.2) is 30.3 Å². The Hall–Kier alpha value is -1.95. The van der Waals surface area contributed by atoms with Gasteiger partial charge in [0, 0.05) is 6.54 Å². The van der Waals surface area contributed by atoms with Crippen molar-refractivity contribution in [1.82, 2.24) is 20.2 Å². The molecule has 1 heterocycles. The summed E-state index contributed by atoms with van der Waals surface area (Å²) >= 11 is 0. The summed E-state index contributed by atoms with van der Waals surface area (Å²) < 4.78 is 1.68. The van der Waals surface area contributed by atoms with Crippen molar-refractivity contribution in [3.05, 3.63) is 30.3 Å². The van der Waals surface area contributed by atoms with E-state index in [1.165, 1.54) is 0 Å². The van der Waals surface area contributed by atoms with Crippen molar-refractivity contribution in [3.8, 4) is 5.69 Å². The monoisotopic (exact) mass is 245 g/mol. The van der Waals surface area contributed by atoms with Gasteiger partial charge in [-0.2, -0.15) is 4.68 Å². The van der Waals surface area contributed by atoms with Crippen LogP contribution in [0.2, 0.25) is 0 Å². The second kappa shape index (κ2) is 4.73.